The largest absolute Gasteiger partial charge is 0.385 e. The van der Waals surface area contributed by atoms with E-state index in [1.807, 2.05) is 6.92 Å². The summed E-state index contributed by atoms with van der Waals surface area (Å²) in [6.45, 7) is 3.88. The highest BCUT2D eigenvalue weighted by Gasteiger charge is 2.44. The molecule has 1 aliphatic carbocycles. The van der Waals surface area contributed by atoms with Crippen LogP contribution in [0.1, 0.15) is 37.3 Å². The lowest BCUT2D eigenvalue weighted by molar-refractivity contribution is -0.125. The molecule has 19 heavy (non-hydrogen) atoms. The van der Waals surface area contributed by atoms with E-state index in [2.05, 4.69) is 28.8 Å². The van der Waals surface area contributed by atoms with Crippen LogP contribution in [0.2, 0.25) is 0 Å². The van der Waals surface area contributed by atoms with Crippen LogP contribution in [-0.2, 0) is 17.6 Å². The molecule has 0 aromatic heterocycles. The second kappa shape index (κ2) is 4.87. The first-order valence-corrected chi connectivity index (χ1v) is 7.31. The zero-order chi connectivity index (χ0) is 13.3. The Hall–Kier alpha value is -1.51. The minimum Gasteiger partial charge on any atom is -0.385 e. The highest BCUT2D eigenvalue weighted by atomic mass is 16.2. The van der Waals surface area contributed by atoms with E-state index in [1.165, 1.54) is 29.7 Å². The standard InChI is InChI=1S/C16H22N2O/c1-16(7-8-16)15(19)18-10-6-12-4-5-14-13(11-12)3-2-9-17-14/h4-5,11,17H,2-3,6-10H2,1H3,(H,18,19). The monoisotopic (exact) mass is 258 g/mol. The van der Waals surface area contributed by atoms with Gasteiger partial charge in [0.25, 0.3) is 0 Å². The van der Waals surface area contributed by atoms with Crippen molar-refractivity contribution >= 4 is 11.6 Å². The van der Waals surface area contributed by atoms with E-state index in [0.29, 0.717) is 0 Å². The van der Waals surface area contributed by atoms with Crippen LogP contribution in [0.15, 0.2) is 18.2 Å². The number of benzene rings is 1. The lowest BCUT2D eigenvalue weighted by Crippen LogP contribution is -2.31. The van der Waals surface area contributed by atoms with E-state index in [4.69, 9.17) is 0 Å². The molecule has 3 heteroatoms. The molecule has 0 saturated heterocycles. The maximum atomic E-state index is 11.8. The van der Waals surface area contributed by atoms with Crippen LogP contribution in [0.3, 0.4) is 0 Å². The topological polar surface area (TPSA) is 41.1 Å². The highest BCUT2D eigenvalue weighted by Crippen LogP contribution is 2.44. The van der Waals surface area contributed by atoms with E-state index < -0.39 is 0 Å². The fourth-order valence-corrected chi connectivity index (χ4v) is 2.63. The second-order valence-electron chi connectivity index (χ2n) is 6.09. The van der Waals surface area contributed by atoms with Crippen molar-refractivity contribution in [2.24, 2.45) is 5.41 Å². The zero-order valence-corrected chi connectivity index (χ0v) is 11.6. The Balaban J connectivity index is 1.54. The summed E-state index contributed by atoms with van der Waals surface area (Å²) in [7, 11) is 0. The molecule has 1 heterocycles. The fourth-order valence-electron chi connectivity index (χ4n) is 2.63. The van der Waals surface area contributed by atoms with Crippen molar-refractivity contribution in [3.8, 4) is 0 Å². The number of carbonyl (C=O) groups excluding carboxylic acids is 1. The van der Waals surface area contributed by atoms with Gasteiger partial charge in [0.05, 0.1) is 0 Å². The van der Waals surface area contributed by atoms with Gasteiger partial charge in [-0.2, -0.15) is 0 Å². The van der Waals surface area contributed by atoms with Gasteiger partial charge in [-0.1, -0.05) is 19.1 Å². The third kappa shape index (κ3) is 2.75. The van der Waals surface area contributed by atoms with E-state index >= 15 is 0 Å². The molecule has 102 valence electrons. The van der Waals surface area contributed by atoms with Crippen LogP contribution in [-0.4, -0.2) is 19.0 Å². The summed E-state index contributed by atoms with van der Waals surface area (Å²) in [5, 5.41) is 6.48. The third-order valence-electron chi connectivity index (χ3n) is 4.36. The lowest BCUT2D eigenvalue weighted by atomic mass is 9.99. The van der Waals surface area contributed by atoms with E-state index in [1.54, 1.807) is 0 Å². The summed E-state index contributed by atoms with van der Waals surface area (Å²) in [4.78, 5) is 11.8. The van der Waals surface area contributed by atoms with Gasteiger partial charge in [0, 0.05) is 24.2 Å². The Morgan fingerprint density at radius 2 is 2.26 bits per heavy atom. The van der Waals surface area contributed by atoms with Gasteiger partial charge in [0.1, 0.15) is 0 Å². The van der Waals surface area contributed by atoms with Crippen LogP contribution in [0.5, 0.6) is 0 Å². The summed E-state index contributed by atoms with van der Waals surface area (Å²) in [6, 6.07) is 6.63. The molecule has 0 radical (unpaired) electrons. The fraction of sp³-hybridized carbons (Fsp3) is 0.562. The molecule has 0 bridgehead atoms. The molecule has 2 aliphatic rings. The molecular weight excluding hydrogens is 236 g/mol. The number of nitrogens with one attached hydrogen (secondary N) is 2. The summed E-state index contributed by atoms with van der Waals surface area (Å²) >= 11 is 0. The second-order valence-corrected chi connectivity index (χ2v) is 6.09. The zero-order valence-electron chi connectivity index (χ0n) is 11.6. The number of rotatable bonds is 4. The number of fused-ring (bicyclic) bond motifs is 1. The molecule has 2 N–H and O–H groups in total. The molecule has 1 fully saturated rings. The predicted molar refractivity (Wildman–Crippen MR) is 77.3 cm³/mol. The predicted octanol–water partition coefficient (Wildman–Crippen LogP) is 2.50. The van der Waals surface area contributed by atoms with Crippen LogP contribution < -0.4 is 10.6 Å². The first kappa shape index (κ1) is 12.5. The van der Waals surface area contributed by atoms with Crippen molar-refractivity contribution in [2.45, 2.75) is 39.0 Å². The Bertz CT molecular complexity index is 492. The maximum absolute atomic E-state index is 11.8. The molecule has 0 atom stereocenters. The van der Waals surface area contributed by atoms with Gasteiger partial charge in [-0.15, -0.1) is 0 Å². The van der Waals surface area contributed by atoms with Gasteiger partial charge < -0.3 is 10.6 Å². The van der Waals surface area contributed by atoms with Gasteiger partial charge in [-0.25, -0.2) is 0 Å². The quantitative estimate of drug-likeness (QED) is 0.871. The smallest absolute Gasteiger partial charge is 0.225 e. The van der Waals surface area contributed by atoms with Crippen molar-refractivity contribution in [3.63, 3.8) is 0 Å². The van der Waals surface area contributed by atoms with Crippen molar-refractivity contribution in [1.29, 1.82) is 0 Å². The van der Waals surface area contributed by atoms with Crippen molar-refractivity contribution < 1.29 is 4.79 Å². The number of anilines is 1. The first-order valence-electron chi connectivity index (χ1n) is 7.31. The molecule has 3 nitrogen and oxygen atoms in total. The average molecular weight is 258 g/mol. The van der Waals surface area contributed by atoms with Gasteiger partial charge >= 0.3 is 0 Å². The number of hydrogen-bond acceptors (Lipinski definition) is 2. The minimum absolute atomic E-state index is 0.0558. The molecule has 3 rings (SSSR count). The molecular formula is C16H22N2O. The molecule has 1 aromatic rings. The highest BCUT2D eigenvalue weighted by molar-refractivity contribution is 5.84. The number of carbonyl (C=O) groups is 1. The van der Waals surface area contributed by atoms with E-state index in [9.17, 15) is 4.79 Å². The average Bonchev–Trinajstić information content (AvgIpc) is 3.18. The Kier molecular flexibility index (Phi) is 3.21. The molecule has 0 spiro atoms. The van der Waals surface area contributed by atoms with Gasteiger partial charge in [0.15, 0.2) is 0 Å². The molecule has 1 aliphatic heterocycles. The third-order valence-corrected chi connectivity index (χ3v) is 4.36. The van der Waals surface area contributed by atoms with Gasteiger partial charge in [-0.05, 0) is 49.3 Å². The SMILES string of the molecule is CC1(C(=O)NCCc2ccc3c(c2)CCCN3)CC1. The molecule has 1 amide bonds. The van der Waals surface area contributed by atoms with E-state index in [-0.39, 0.29) is 11.3 Å². The number of amides is 1. The lowest BCUT2D eigenvalue weighted by Gasteiger charge is -2.18. The number of hydrogen-bond donors (Lipinski definition) is 2. The van der Waals surface area contributed by atoms with Gasteiger partial charge in [-0.3, -0.25) is 4.79 Å². The molecule has 0 unspecified atom stereocenters. The maximum Gasteiger partial charge on any atom is 0.225 e. The van der Waals surface area contributed by atoms with Crippen molar-refractivity contribution in [3.05, 3.63) is 29.3 Å². The van der Waals surface area contributed by atoms with Gasteiger partial charge in [0.2, 0.25) is 5.91 Å². The summed E-state index contributed by atoms with van der Waals surface area (Å²) < 4.78 is 0. The van der Waals surface area contributed by atoms with Crippen molar-refractivity contribution in [2.75, 3.05) is 18.4 Å². The van der Waals surface area contributed by atoms with Crippen LogP contribution in [0.25, 0.3) is 0 Å². The minimum atomic E-state index is -0.0558. The Morgan fingerprint density at radius 3 is 3.05 bits per heavy atom. The summed E-state index contributed by atoms with van der Waals surface area (Å²) in [5.74, 6) is 0.229. The van der Waals surface area contributed by atoms with Crippen LogP contribution >= 0.6 is 0 Å². The van der Waals surface area contributed by atoms with E-state index in [0.717, 1.165) is 32.4 Å². The molecule has 1 saturated carbocycles. The van der Waals surface area contributed by atoms with Crippen molar-refractivity contribution in [1.82, 2.24) is 5.32 Å². The molecule has 1 aromatic carbocycles. The first-order chi connectivity index (χ1) is 9.17. The normalized spacial score (nSPS) is 19.2. The number of aryl methyl sites for hydroxylation is 1. The Morgan fingerprint density at radius 1 is 1.42 bits per heavy atom. The summed E-state index contributed by atoms with van der Waals surface area (Å²) in [5.41, 5.74) is 3.97. The van der Waals surface area contributed by atoms with Crippen LogP contribution in [0.4, 0.5) is 5.69 Å². The summed E-state index contributed by atoms with van der Waals surface area (Å²) in [6.07, 6.45) is 5.40. The van der Waals surface area contributed by atoms with Crippen LogP contribution in [0, 0.1) is 5.41 Å². The Labute approximate surface area is 114 Å².